The van der Waals surface area contributed by atoms with Gasteiger partial charge in [-0.1, -0.05) is 18.2 Å². The predicted octanol–water partition coefficient (Wildman–Crippen LogP) is 1.12. The van der Waals surface area contributed by atoms with Crippen LogP contribution < -0.4 is 4.72 Å². The zero-order valence-electron chi connectivity index (χ0n) is 9.42. The summed E-state index contributed by atoms with van der Waals surface area (Å²) < 4.78 is 26.2. The van der Waals surface area contributed by atoms with Gasteiger partial charge in [-0.2, -0.15) is 0 Å². The minimum atomic E-state index is -3.47. The molecule has 4 nitrogen and oxygen atoms in total. The Morgan fingerprint density at radius 3 is 2.31 bits per heavy atom. The van der Waals surface area contributed by atoms with E-state index in [4.69, 9.17) is 5.11 Å². The van der Waals surface area contributed by atoms with Gasteiger partial charge in [0.1, 0.15) is 0 Å². The van der Waals surface area contributed by atoms with E-state index in [9.17, 15) is 8.42 Å². The molecule has 0 heterocycles. The summed E-state index contributed by atoms with van der Waals surface area (Å²) in [6.07, 6.45) is -0.125. The summed E-state index contributed by atoms with van der Waals surface area (Å²) in [5.74, 6) is 0. The smallest absolute Gasteiger partial charge is 0.240 e. The van der Waals surface area contributed by atoms with Crippen LogP contribution in [0.5, 0.6) is 0 Å². The maximum absolute atomic E-state index is 11.8. The van der Waals surface area contributed by atoms with Gasteiger partial charge in [0.2, 0.25) is 10.0 Å². The first-order valence-electron chi connectivity index (χ1n) is 5.17. The van der Waals surface area contributed by atoms with E-state index < -0.39 is 16.1 Å². The van der Waals surface area contributed by atoms with Crippen LogP contribution in [0.3, 0.4) is 0 Å². The SMILES string of the molecule is CC(O)CC(C)NS(=O)(=O)c1ccccc1. The summed E-state index contributed by atoms with van der Waals surface area (Å²) >= 11 is 0. The lowest BCUT2D eigenvalue weighted by atomic mass is 10.2. The lowest BCUT2D eigenvalue weighted by Crippen LogP contribution is -2.34. The summed E-state index contributed by atoms with van der Waals surface area (Å²) in [6.45, 7) is 3.36. The van der Waals surface area contributed by atoms with Crippen LogP contribution in [0, 0.1) is 0 Å². The molecule has 2 N–H and O–H groups in total. The Labute approximate surface area is 96.4 Å². The highest BCUT2D eigenvalue weighted by Crippen LogP contribution is 2.09. The molecule has 0 amide bonds. The van der Waals surface area contributed by atoms with Crippen molar-refractivity contribution in [2.24, 2.45) is 0 Å². The molecule has 0 fully saturated rings. The Balaban J connectivity index is 2.73. The number of sulfonamides is 1. The quantitative estimate of drug-likeness (QED) is 0.814. The number of benzene rings is 1. The molecule has 2 unspecified atom stereocenters. The Kier molecular flexibility index (Phi) is 4.46. The average Bonchev–Trinajstić information content (AvgIpc) is 2.16. The number of rotatable bonds is 5. The number of hydrogen-bond donors (Lipinski definition) is 2. The second-order valence-corrected chi connectivity index (χ2v) is 5.63. The molecule has 0 aliphatic rings. The summed E-state index contributed by atoms with van der Waals surface area (Å²) in [5, 5.41) is 9.16. The van der Waals surface area contributed by atoms with E-state index in [0.717, 1.165) is 0 Å². The fourth-order valence-corrected chi connectivity index (χ4v) is 2.77. The first-order chi connectivity index (χ1) is 7.42. The molecule has 1 aromatic rings. The molecule has 0 aliphatic heterocycles. The molecule has 2 atom stereocenters. The van der Waals surface area contributed by atoms with Crippen LogP contribution in [0.15, 0.2) is 35.2 Å². The van der Waals surface area contributed by atoms with Crippen molar-refractivity contribution in [2.75, 3.05) is 0 Å². The van der Waals surface area contributed by atoms with Crippen LogP contribution >= 0.6 is 0 Å². The van der Waals surface area contributed by atoms with Gasteiger partial charge in [0, 0.05) is 6.04 Å². The molecule has 16 heavy (non-hydrogen) atoms. The highest BCUT2D eigenvalue weighted by atomic mass is 32.2. The van der Waals surface area contributed by atoms with Crippen molar-refractivity contribution in [3.63, 3.8) is 0 Å². The fraction of sp³-hybridized carbons (Fsp3) is 0.455. The minimum Gasteiger partial charge on any atom is -0.393 e. The summed E-state index contributed by atoms with van der Waals surface area (Å²) in [6, 6.07) is 7.90. The Hall–Kier alpha value is -0.910. The van der Waals surface area contributed by atoms with E-state index >= 15 is 0 Å². The van der Waals surface area contributed by atoms with Crippen LogP contribution in [-0.2, 0) is 10.0 Å². The first-order valence-corrected chi connectivity index (χ1v) is 6.65. The average molecular weight is 243 g/mol. The summed E-state index contributed by atoms with van der Waals surface area (Å²) in [5.41, 5.74) is 0. The standard InChI is InChI=1S/C11H17NO3S/c1-9(8-10(2)13)12-16(14,15)11-6-4-3-5-7-11/h3-7,9-10,12-13H,8H2,1-2H3. The number of hydrogen-bond acceptors (Lipinski definition) is 3. The largest absolute Gasteiger partial charge is 0.393 e. The van der Waals surface area contributed by atoms with Crippen molar-refractivity contribution in [3.8, 4) is 0 Å². The molecule has 0 saturated carbocycles. The Morgan fingerprint density at radius 2 is 1.81 bits per heavy atom. The lowest BCUT2D eigenvalue weighted by molar-refractivity contribution is 0.175. The van der Waals surface area contributed by atoms with Crippen molar-refractivity contribution < 1.29 is 13.5 Å². The molecular weight excluding hydrogens is 226 g/mol. The third-order valence-corrected chi connectivity index (χ3v) is 3.71. The van der Waals surface area contributed by atoms with E-state index in [1.54, 1.807) is 32.0 Å². The van der Waals surface area contributed by atoms with E-state index in [-0.39, 0.29) is 10.9 Å². The number of nitrogens with one attached hydrogen (secondary N) is 1. The van der Waals surface area contributed by atoms with Crippen LogP contribution in [0.2, 0.25) is 0 Å². The minimum absolute atomic E-state index is 0.243. The van der Waals surface area contributed by atoms with Gasteiger partial charge in [0.05, 0.1) is 11.0 Å². The van der Waals surface area contributed by atoms with E-state index in [1.165, 1.54) is 12.1 Å². The predicted molar refractivity (Wildman–Crippen MR) is 62.5 cm³/mol. The van der Waals surface area contributed by atoms with Crippen LogP contribution in [0.25, 0.3) is 0 Å². The fourth-order valence-electron chi connectivity index (χ4n) is 1.49. The molecule has 5 heteroatoms. The van der Waals surface area contributed by atoms with Crippen LogP contribution in [-0.4, -0.2) is 25.7 Å². The van der Waals surface area contributed by atoms with Crippen LogP contribution in [0.4, 0.5) is 0 Å². The van der Waals surface area contributed by atoms with Crippen molar-refractivity contribution in [2.45, 2.75) is 37.3 Å². The van der Waals surface area contributed by atoms with Gasteiger partial charge < -0.3 is 5.11 Å². The van der Waals surface area contributed by atoms with Gasteiger partial charge >= 0.3 is 0 Å². The second kappa shape index (κ2) is 5.43. The molecule has 0 saturated heterocycles. The van der Waals surface area contributed by atoms with Crippen molar-refractivity contribution in [3.05, 3.63) is 30.3 Å². The van der Waals surface area contributed by atoms with E-state index in [0.29, 0.717) is 6.42 Å². The van der Waals surface area contributed by atoms with Crippen molar-refractivity contribution in [1.82, 2.24) is 4.72 Å². The molecule has 1 rings (SSSR count). The molecule has 0 bridgehead atoms. The van der Waals surface area contributed by atoms with Gasteiger partial charge in [-0.05, 0) is 32.4 Å². The molecule has 90 valence electrons. The zero-order valence-corrected chi connectivity index (χ0v) is 10.2. The van der Waals surface area contributed by atoms with Crippen molar-refractivity contribution in [1.29, 1.82) is 0 Å². The molecule has 0 radical (unpaired) electrons. The van der Waals surface area contributed by atoms with Gasteiger partial charge in [-0.25, -0.2) is 13.1 Å². The van der Waals surface area contributed by atoms with E-state index in [2.05, 4.69) is 4.72 Å². The Bertz CT molecular complexity index is 414. The van der Waals surface area contributed by atoms with Gasteiger partial charge in [0.25, 0.3) is 0 Å². The normalized spacial score (nSPS) is 15.7. The highest BCUT2D eigenvalue weighted by Gasteiger charge is 2.17. The number of aliphatic hydroxyl groups excluding tert-OH is 1. The second-order valence-electron chi connectivity index (χ2n) is 3.92. The molecule has 0 spiro atoms. The zero-order chi connectivity index (χ0) is 12.2. The van der Waals surface area contributed by atoms with Gasteiger partial charge in [-0.3, -0.25) is 0 Å². The van der Waals surface area contributed by atoms with Crippen LogP contribution in [0.1, 0.15) is 20.3 Å². The van der Waals surface area contributed by atoms with Gasteiger partial charge in [-0.15, -0.1) is 0 Å². The molecule has 0 aliphatic carbocycles. The van der Waals surface area contributed by atoms with E-state index in [1.807, 2.05) is 0 Å². The monoisotopic (exact) mass is 243 g/mol. The highest BCUT2D eigenvalue weighted by molar-refractivity contribution is 7.89. The third kappa shape index (κ3) is 3.92. The lowest BCUT2D eigenvalue weighted by Gasteiger charge is -2.15. The molecular formula is C11H17NO3S. The number of aliphatic hydroxyl groups is 1. The first kappa shape index (κ1) is 13.2. The Morgan fingerprint density at radius 1 is 1.25 bits per heavy atom. The molecule has 1 aromatic carbocycles. The van der Waals surface area contributed by atoms with Crippen molar-refractivity contribution >= 4 is 10.0 Å². The third-order valence-electron chi connectivity index (χ3n) is 2.10. The summed E-state index contributed by atoms with van der Waals surface area (Å²) in [7, 11) is -3.47. The topological polar surface area (TPSA) is 66.4 Å². The maximum Gasteiger partial charge on any atom is 0.240 e. The maximum atomic E-state index is 11.8. The molecule has 0 aromatic heterocycles. The summed E-state index contributed by atoms with van der Waals surface area (Å²) in [4.78, 5) is 0.243. The van der Waals surface area contributed by atoms with Gasteiger partial charge in [0.15, 0.2) is 0 Å².